The van der Waals surface area contributed by atoms with E-state index in [-0.39, 0.29) is 34.9 Å². The summed E-state index contributed by atoms with van der Waals surface area (Å²) in [6.07, 6.45) is 11.7. The van der Waals surface area contributed by atoms with E-state index in [1.807, 2.05) is 24.0 Å². The van der Waals surface area contributed by atoms with Crippen molar-refractivity contribution < 1.29 is 28.0 Å². The third-order valence-corrected chi connectivity index (χ3v) is 14.5. The topological polar surface area (TPSA) is 128 Å². The van der Waals surface area contributed by atoms with E-state index in [9.17, 15) is 13.8 Å². The molecule has 6 atom stereocenters. The number of methoxy groups -OCH3 is 2. The lowest BCUT2D eigenvalue weighted by Gasteiger charge is -2.46. The van der Waals surface area contributed by atoms with Crippen molar-refractivity contribution in [2.24, 2.45) is 29.2 Å². The van der Waals surface area contributed by atoms with Crippen molar-refractivity contribution in [3.8, 4) is 5.75 Å². The second kappa shape index (κ2) is 15.0. The molecule has 1 spiro atoms. The molecule has 2 amide bonds. The fourth-order valence-electron chi connectivity index (χ4n) is 9.36. The molecule has 1 unspecified atom stereocenters. The normalized spacial score (nSPS) is 30.2. The Morgan fingerprint density at radius 1 is 1.07 bits per heavy atom. The maximum absolute atomic E-state index is 14.8. The summed E-state index contributed by atoms with van der Waals surface area (Å²) in [5, 5.41) is 4.52. The van der Waals surface area contributed by atoms with Crippen LogP contribution < -0.4 is 19.3 Å². The molecule has 1 saturated carbocycles. The quantitative estimate of drug-likeness (QED) is 0.329. The van der Waals surface area contributed by atoms with Crippen molar-refractivity contribution in [1.82, 2.24) is 14.5 Å². The molecule has 12 nitrogen and oxygen atoms in total. The number of nitrogens with zero attached hydrogens (tertiary/aromatic N) is 5. The molecular formula is C42H54N6O6S. The highest BCUT2D eigenvalue weighted by molar-refractivity contribution is 7.92. The Morgan fingerprint density at radius 2 is 1.91 bits per heavy atom. The van der Waals surface area contributed by atoms with Gasteiger partial charge >= 0.3 is 0 Å². The molecule has 1 N–H and O–H groups in total. The molecule has 2 aliphatic carbocycles. The van der Waals surface area contributed by atoms with Crippen LogP contribution in [0.5, 0.6) is 5.75 Å². The molecule has 2 aromatic carbocycles. The minimum absolute atomic E-state index is 0.00877. The lowest BCUT2D eigenvalue weighted by atomic mass is 9.68. The fraction of sp³-hybridized carbons (Fsp3) is 0.548. The van der Waals surface area contributed by atoms with Gasteiger partial charge in [-0.2, -0.15) is 5.10 Å². The van der Waals surface area contributed by atoms with Crippen LogP contribution in [0.3, 0.4) is 0 Å². The number of allylic oxidation sites excluding steroid dienone is 1. The number of carbonyl (C=O) groups excluding carboxylic acids is 2. The maximum Gasteiger partial charge on any atom is 0.286 e. The van der Waals surface area contributed by atoms with E-state index in [0.29, 0.717) is 49.3 Å². The molecule has 2 bridgehead atoms. The van der Waals surface area contributed by atoms with Crippen LogP contribution >= 0.6 is 0 Å². The summed E-state index contributed by atoms with van der Waals surface area (Å²) in [4.78, 5) is 32.5. The number of rotatable bonds is 5. The number of benzene rings is 2. The minimum Gasteiger partial charge on any atom is -0.490 e. The second-order valence-electron chi connectivity index (χ2n) is 16.6. The first-order valence-corrected chi connectivity index (χ1v) is 21.4. The van der Waals surface area contributed by atoms with Crippen LogP contribution in [0.15, 0.2) is 59.1 Å². The fourth-order valence-corrected chi connectivity index (χ4v) is 11.2. The molecule has 4 heterocycles. The van der Waals surface area contributed by atoms with Gasteiger partial charge in [-0.3, -0.25) is 19.0 Å². The van der Waals surface area contributed by atoms with Crippen LogP contribution in [-0.2, 0) is 38.3 Å². The van der Waals surface area contributed by atoms with Gasteiger partial charge in [0.1, 0.15) is 21.2 Å². The van der Waals surface area contributed by atoms with E-state index in [1.165, 1.54) is 16.7 Å². The molecule has 13 heteroatoms. The Kier molecular flexibility index (Phi) is 10.3. The summed E-state index contributed by atoms with van der Waals surface area (Å²) in [6, 6.07) is 12.3. The Bertz CT molecular complexity index is 2120. The van der Waals surface area contributed by atoms with Crippen LogP contribution in [0, 0.1) is 24.7 Å². The maximum atomic E-state index is 14.8. The molecule has 294 valence electrons. The molecule has 3 aromatic rings. The third kappa shape index (κ3) is 7.42. The van der Waals surface area contributed by atoms with Gasteiger partial charge in [0.05, 0.1) is 30.3 Å². The standard InChI is InChI=1S/C42H54N6O6S/c1-27-11-15-35-29(18-27)9-7-17-42(35)25-48-20-31-12-14-33(31)37(53-5)10-6-8-28(2)24-55(51,44-40(49)30-13-16-38(54-26-42)36(48)19-30)45-41(50)34-23-46(3)43-39(34)47-21-32(22-47)52-4/h6,10-11,13,15-16,18-19,23,28,31-33,37H,7-9,12,14,17,20-22,24-26H2,1-5H3,(H,44,45,49,50,51)/b10-6+/t28-,31-,33+,37-,42-,55?/m0/s1. The third-order valence-electron chi connectivity index (χ3n) is 12.5. The number of aryl methyl sites for hydroxylation is 3. The van der Waals surface area contributed by atoms with Gasteiger partial charge in [-0.25, -0.2) is 4.21 Å². The van der Waals surface area contributed by atoms with Crippen molar-refractivity contribution in [3.63, 3.8) is 0 Å². The molecule has 55 heavy (non-hydrogen) atoms. The first-order chi connectivity index (χ1) is 26.5. The molecule has 0 radical (unpaired) electrons. The average Bonchev–Trinajstić information content (AvgIpc) is 3.43. The predicted molar refractivity (Wildman–Crippen MR) is 213 cm³/mol. The Morgan fingerprint density at radius 3 is 2.67 bits per heavy atom. The van der Waals surface area contributed by atoms with Crippen molar-refractivity contribution in [2.45, 2.75) is 70.0 Å². The van der Waals surface area contributed by atoms with Gasteiger partial charge < -0.3 is 24.0 Å². The minimum atomic E-state index is -3.59. The summed E-state index contributed by atoms with van der Waals surface area (Å²) in [7, 11) is 1.58. The SMILES string of the molecule is COC1CN(c2nn(C)cc2C(=O)NS2(=O)=NC(=O)c3ccc4c(c3)N(C[C@@H]3CC[C@H]3[C@@H](OC)/C=C/C[C@H](C)C2)C[C@@]2(CCCc3cc(C)ccc32)CO4)C1. The van der Waals surface area contributed by atoms with E-state index in [0.717, 1.165) is 56.6 Å². The zero-order valence-electron chi connectivity index (χ0n) is 32.7. The van der Waals surface area contributed by atoms with E-state index in [1.54, 1.807) is 38.2 Å². The molecular weight excluding hydrogens is 717 g/mol. The number of amides is 2. The Hall–Kier alpha value is -4.20. The molecule has 8 rings (SSSR count). The van der Waals surface area contributed by atoms with Crippen LogP contribution in [0.1, 0.15) is 76.4 Å². The van der Waals surface area contributed by atoms with Gasteiger partial charge in [0.2, 0.25) is 0 Å². The molecule has 5 aliphatic rings. The number of hydrogen-bond acceptors (Lipinski definition) is 9. The largest absolute Gasteiger partial charge is 0.490 e. The predicted octanol–water partition coefficient (Wildman–Crippen LogP) is 5.63. The second-order valence-corrected chi connectivity index (χ2v) is 18.6. The monoisotopic (exact) mass is 770 g/mol. The number of hydrogen-bond donors (Lipinski definition) is 1. The van der Waals surface area contributed by atoms with Crippen molar-refractivity contribution in [2.75, 3.05) is 62.6 Å². The highest BCUT2D eigenvalue weighted by atomic mass is 32.2. The summed E-state index contributed by atoms with van der Waals surface area (Å²) < 4.78 is 41.7. The van der Waals surface area contributed by atoms with Gasteiger partial charge in [0.25, 0.3) is 11.8 Å². The highest BCUT2D eigenvalue weighted by Gasteiger charge is 2.44. The molecule has 2 fully saturated rings. The number of anilines is 2. The zero-order valence-corrected chi connectivity index (χ0v) is 33.5. The van der Waals surface area contributed by atoms with E-state index < -0.39 is 21.7 Å². The molecule has 3 aliphatic heterocycles. The van der Waals surface area contributed by atoms with Gasteiger partial charge in [-0.05, 0) is 92.5 Å². The lowest BCUT2D eigenvalue weighted by molar-refractivity contribution is 0.0131. The lowest BCUT2D eigenvalue weighted by Crippen LogP contribution is -2.52. The van der Waals surface area contributed by atoms with Crippen LogP contribution in [-0.4, -0.2) is 90.8 Å². The Balaban J connectivity index is 1.17. The van der Waals surface area contributed by atoms with E-state index >= 15 is 0 Å². The van der Waals surface area contributed by atoms with Crippen molar-refractivity contribution in [1.29, 1.82) is 0 Å². The van der Waals surface area contributed by atoms with Gasteiger partial charge in [0, 0.05) is 64.6 Å². The van der Waals surface area contributed by atoms with Crippen LogP contribution in [0.2, 0.25) is 0 Å². The number of nitrogens with one attached hydrogen (secondary N) is 1. The van der Waals surface area contributed by atoms with Crippen LogP contribution in [0.25, 0.3) is 0 Å². The van der Waals surface area contributed by atoms with E-state index in [2.05, 4.69) is 56.4 Å². The number of carbonyl (C=O) groups is 2. The van der Waals surface area contributed by atoms with Crippen molar-refractivity contribution >= 4 is 33.2 Å². The summed E-state index contributed by atoms with van der Waals surface area (Å²) >= 11 is 0. The van der Waals surface area contributed by atoms with E-state index in [4.69, 9.17) is 14.2 Å². The Labute approximate surface area is 324 Å². The average molecular weight is 771 g/mol. The van der Waals surface area contributed by atoms with Gasteiger partial charge in [0.15, 0.2) is 5.82 Å². The summed E-state index contributed by atoms with van der Waals surface area (Å²) in [5.41, 5.74) is 5.21. The summed E-state index contributed by atoms with van der Waals surface area (Å²) in [6.45, 7) is 7.38. The highest BCUT2D eigenvalue weighted by Crippen LogP contribution is 2.47. The molecule has 1 saturated heterocycles. The molecule has 1 aromatic heterocycles. The first kappa shape index (κ1) is 37.7. The number of fused-ring (bicyclic) bond motifs is 4. The smallest absolute Gasteiger partial charge is 0.286 e. The summed E-state index contributed by atoms with van der Waals surface area (Å²) in [5.74, 6) is 0.542. The zero-order chi connectivity index (χ0) is 38.5. The van der Waals surface area contributed by atoms with Gasteiger partial charge in [-0.1, -0.05) is 42.8 Å². The number of ether oxygens (including phenoxy) is 3. The van der Waals surface area contributed by atoms with Gasteiger partial charge in [-0.15, -0.1) is 4.36 Å². The first-order valence-electron chi connectivity index (χ1n) is 19.7. The number of aromatic nitrogens is 2. The van der Waals surface area contributed by atoms with Crippen molar-refractivity contribution in [3.05, 3.63) is 82.6 Å². The van der Waals surface area contributed by atoms with Crippen LogP contribution in [0.4, 0.5) is 11.5 Å².